The lowest BCUT2D eigenvalue weighted by Gasteiger charge is -1.90. The topological polar surface area (TPSA) is 94.7 Å². The Kier molecular flexibility index (Phi) is 2.32. The van der Waals surface area contributed by atoms with E-state index in [1.807, 2.05) is 0 Å². The molecule has 0 spiro atoms. The van der Waals surface area contributed by atoms with Gasteiger partial charge in [-0.25, -0.2) is 0 Å². The van der Waals surface area contributed by atoms with Gasteiger partial charge in [-0.2, -0.15) is 5.10 Å². The number of nitrogens with two attached hydrogens (primary N) is 1. The maximum Gasteiger partial charge on any atom is 0.270 e. The molecule has 0 aliphatic heterocycles. The van der Waals surface area contributed by atoms with E-state index in [1.54, 1.807) is 19.1 Å². The largest absolute Gasteiger partial charge is 0.455 e. The van der Waals surface area contributed by atoms with Crippen molar-refractivity contribution in [1.82, 2.24) is 0 Å². The molecule has 0 aliphatic carbocycles. The molecule has 0 radical (unpaired) electrons. The molecular formula is C10H9N3O3. The molecule has 0 unspecified atom stereocenters. The van der Waals surface area contributed by atoms with E-state index < -0.39 is 4.92 Å². The standard InChI is InChI=1S/C10H9N3O3/c1-6(12-11)10-5-7-4-8(13(14)15)2-3-9(7)16-10/h2-5H,11H2,1H3. The Morgan fingerprint density at radius 1 is 1.50 bits per heavy atom. The number of nitro groups is 1. The highest BCUT2D eigenvalue weighted by molar-refractivity contribution is 5.99. The van der Waals surface area contributed by atoms with E-state index in [0.29, 0.717) is 22.4 Å². The molecule has 1 heterocycles. The predicted molar refractivity (Wildman–Crippen MR) is 59.3 cm³/mol. The summed E-state index contributed by atoms with van der Waals surface area (Å²) in [4.78, 5) is 10.1. The number of furan rings is 1. The van der Waals surface area contributed by atoms with Crippen molar-refractivity contribution < 1.29 is 9.34 Å². The van der Waals surface area contributed by atoms with E-state index in [0.717, 1.165) is 0 Å². The first kappa shape index (κ1) is 10.2. The van der Waals surface area contributed by atoms with Crippen molar-refractivity contribution in [3.63, 3.8) is 0 Å². The van der Waals surface area contributed by atoms with Crippen molar-refractivity contribution in [2.45, 2.75) is 6.92 Å². The van der Waals surface area contributed by atoms with Gasteiger partial charge in [0.25, 0.3) is 5.69 Å². The van der Waals surface area contributed by atoms with E-state index >= 15 is 0 Å². The van der Waals surface area contributed by atoms with Crippen LogP contribution in [0.3, 0.4) is 0 Å². The third-order valence-electron chi connectivity index (χ3n) is 2.26. The molecule has 0 fully saturated rings. The number of hydrogen-bond donors (Lipinski definition) is 1. The smallest absolute Gasteiger partial charge is 0.270 e. The molecule has 0 bridgehead atoms. The molecule has 6 heteroatoms. The first-order valence-electron chi connectivity index (χ1n) is 4.54. The van der Waals surface area contributed by atoms with Gasteiger partial charge >= 0.3 is 0 Å². The lowest BCUT2D eigenvalue weighted by molar-refractivity contribution is -0.384. The number of non-ortho nitro benzene ring substituents is 1. The highest BCUT2D eigenvalue weighted by Gasteiger charge is 2.11. The van der Waals surface area contributed by atoms with Gasteiger partial charge in [-0.1, -0.05) is 0 Å². The Balaban J connectivity index is 2.58. The molecule has 82 valence electrons. The van der Waals surface area contributed by atoms with E-state index in [1.165, 1.54) is 12.1 Å². The number of nitrogens with zero attached hydrogens (tertiary/aromatic N) is 2. The van der Waals surface area contributed by atoms with E-state index in [4.69, 9.17) is 10.3 Å². The third kappa shape index (κ3) is 1.60. The van der Waals surface area contributed by atoms with Crippen molar-refractivity contribution in [2.24, 2.45) is 10.9 Å². The summed E-state index contributed by atoms with van der Waals surface area (Å²) < 4.78 is 5.42. The molecule has 2 aromatic rings. The van der Waals surface area contributed by atoms with Crippen molar-refractivity contribution >= 4 is 22.4 Å². The minimum absolute atomic E-state index is 0.0298. The zero-order chi connectivity index (χ0) is 11.7. The summed E-state index contributed by atoms with van der Waals surface area (Å²) in [6.07, 6.45) is 0. The lowest BCUT2D eigenvalue weighted by atomic mass is 10.2. The van der Waals surface area contributed by atoms with Gasteiger partial charge in [0.2, 0.25) is 0 Å². The summed E-state index contributed by atoms with van der Waals surface area (Å²) >= 11 is 0. The maximum absolute atomic E-state index is 10.6. The number of fused-ring (bicyclic) bond motifs is 1. The highest BCUT2D eigenvalue weighted by Crippen LogP contribution is 2.24. The molecule has 1 aromatic heterocycles. The van der Waals surface area contributed by atoms with Gasteiger partial charge in [0, 0.05) is 17.5 Å². The van der Waals surface area contributed by atoms with Crippen LogP contribution in [0.15, 0.2) is 33.8 Å². The molecule has 1 aromatic carbocycles. The van der Waals surface area contributed by atoms with Crippen LogP contribution in [0.5, 0.6) is 0 Å². The van der Waals surface area contributed by atoms with Crippen LogP contribution in [0.1, 0.15) is 12.7 Å². The van der Waals surface area contributed by atoms with Crippen LogP contribution in [0.4, 0.5) is 5.69 Å². The predicted octanol–water partition coefficient (Wildman–Crippen LogP) is 2.02. The Morgan fingerprint density at radius 2 is 2.25 bits per heavy atom. The second kappa shape index (κ2) is 3.65. The Morgan fingerprint density at radius 3 is 2.88 bits per heavy atom. The minimum Gasteiger partial charge on any atom is -0.455 e. The Hall–Kier alpha value is -2.37. The van der Waals surface area contributed by atoms with Gasteiger partial charge in [-0.15, -0.1) is 0 Å². The minimum atomic E-state index is -0.448. The summed E-state index contributed by atoms with van der Waals surface area (Å²) in [6, 6.07) is 6.07. The van der Waals surface area contributed by atoms with Crippen molar-refractivity contribution in [1.29, 1.82) is 0 Å². The van der Waals surface area contributed by atoms with E-state index in [9.17, 15) is 10.1 Å². The highest BCUT2D eigenvalue weighted by atomic mass is 16.6. The lowest BCUT2D eigenvalue weighted by Crippen LogP contribution is -1.95. The number of hydrazone groups is 1. The van der Waals surface area contributed by atoms with Crippen molar-refractivity contribution in [3.8, 4) is 0 Å². The van der Waals surface area contributed by atoms with E-state index in [-0.39, 0.29) is 5.69 Å². The van der Waals surface area contributed by atoms with Crippen LogP contribution < -0.4 is 5.84 Å². The van der Waals surface area contributed by atoms with Crippen LogP contribution in [-0.2, 0) is 0 Å². The number of benzene rings is 1. The first-order chi connectivity index (χ1) is 7.61. The first-order valence-corrected chi connectivity index (χ1v) is 4.54. The van der Waals surface area contributed by atoms with Crippen LogP contribution in [0, 0.1) is 10.1 Å². The van der Waals surface area contributed by atoms with Crippen LogP contribution in [0.25, 0.3) is 11.0 Å². The third-order valence-corrected chi connectivity index (χ3v) is 2.26. The summed E-state index contributed by atoms with van der Waals surface area (Å²) in [5.41, 5.74) is 1.14. The SMILES string of the molecule is CC(=NN)c1cc2cc([N+](=O)[O-])ccc2o1. The normalized spacial score (nSPS) is 11.9. The summed E-state index contributed by atoms with van der Waals surface area (Å²) in [6.45, 7) is 1.70. The molecule has 0 atom stereocenters. The molecule has 16 heavy (non-hydrogen) atoms. The second-order valence-electron chi connectivity index (χ2n) is 3.30. The van der Waals surface area contributed by atoms with Gasteiger partial charge in [0.1, 0.15) is 5.58 Å². The zero-order valence-corrected chi connectivity index (χ0v) is 8.51. The Labute approximate surface area is 90.5 Å². The zero-order valence-electron chi connectivity index (χ0n) is 8.51. The fourth-order valence-corrected chi connectivity index (χ4v) is 1.39. The van der Waals surface area contributed by atoms with Crippen LogP contribution in [-0.4, -0.2) is 10.6 Å². The summed E-state index contributed by atoms with van der Waals surface area (Å²) in [7, 11) is 0. The second-order valence-corrected chi connectivity index (χ2v) is 3.30. The van der Waals surface area contributed by atoms with Crippen LogP contribution in [0.2, 0.25) is 0 Å². The molecular weight excluding hydrogens is 210 g/mol. The van der Waals surface area contributed by atoms with Crippen molar-refractivity contribution in [3.05, 3.63) is 40.1 Å². The summed E-state index contributed by atoms with van der Waals surface area (Å²) in [5.74, 6) is 5.64. The van der Waals surface area contributed by atoms with Gasteiger partial charge < -0.3 is 10.3 Å². The average Bonchev–Trinajstić information content (AvgIpc) is 2.70. The van der Waals surface area contributed by atoms with Gasteiger partial charge in [0.15, 0.2) is 5.76 Å². The molecule has 2 rings (SSSR count). The average molecular weight is 219 g/mol. The number of nitro benzene ring substituents is 1. The van der Waals surface area contributed by atoms with Crippen molar-refractivity contribution in [2.75, 3.05) is 0 Å². The fraction of sp³-hybridized carbons (Fsp3) is 0.100. The van der Waals surface area contributed by atoms with Crippen LogP contribution >= 0.6 is 0 Å². The monoisotopic (exact) mass is 219 g/mol. The summed E-state index contributed by atoms with van der Waals surface area (Å²) in [5, 5.41) is 14.7. The number of hydrogen-bond acceptors (Lipinski definition) is 5. The maximum atomic E-state index is 10.6. The molecule has 0 amide bonds. The molecule has 0 saturated carbocycles. The van der Waals surface area contributed by atoms with Gasteiger partial charge in [0.05, 0.1) is 10.6 Å². The fourth-order valence-electron chi connectivity index (χ4n) is 1.39. The molecule has 2 N–H and O–H groups in total. The molecule has 0 aliphatic rings. The molecule has 0 saturated heterocycles. The molecule has 6 nitrogen and oxygen atoms in total. The quantitative estimate of drug-likeness (QED) is 0.361. The Bertz CT molecular complexity index is 586. The van der Waals surface area contributed by atoms with Gasteiger partial charge in [-0.05, 0) is 19.1 Å². The van der Waals surface area contributed by atoms with Gasteiger partial charge in [-0.3, -0.25) is 10.1 Å². The number of rotatable bonds is 2. The van der Waals surface area contributed by atoms with E-state index in [2.05, 4.69) is 5.10 Å².